The lowest BCUT2D eigenvalue weighted by Crippen LogP contribution is -2.30. The molecule has 0 bridgehead atoms. The van der Waals surface area contributed by atoms with Crippen LogP contribution in [0.5, 0.6) is 5.75 Å². The Morgan fingerprint density at radius 2 is 1.67 bits per heavy atom. The summed E-state index contributed by atoms with van der Waals surface area (Å²) in [4.78, 5) is 25.3. The first-order chi connectivity index (χ1) is 20.2. The van der Waals surface area contributed by atoms with E-state index in [-0.39, 0.29) is 22.0 Å². The number of aromatic nitrogens is 1. The Bertz CT molecular complexity index is 1790. The topological polar surface area (TPSA) is 106 Å². The number of hydrogen-bond acceptors (Lipinski definition) is 5. The van der Waals surface area contributed by atoms with E-state index in [0.29, 0.717) is 23.3 Å². The Kier molecular flexibility index (Phi) is 9.41. The van der Waals surface area contributed by atoms with Crippen LogP contribution < -0.4 is 14.8 Å². The molecule has 1 atom stereocenters. The van der Waals surface area contributed by atoms with Gasteiger partial charge < -0.3 is 14.6 Å². The van der Waals surface area contributed by atoms with Gasteiger partial charge in [-0.15, -0.1) is 0 Å². The second kappa shape index (κ2) is 12.7. The average molecular weight is 636 g/mol. The van der Waals surface area contributed by atoms with Crippen molar-refractivity contribution in [1.29, 1.82) is 0 Å². The number of aryl methyl sites for hydroxylation is 1. The number of carbonyl (C=O) groups excluding carboxylic acids is 2. The maximum absolute atomic E-state index is 12.8. The van der Waals surface area contributed by atoms with Crippen molar-refractivity contribution in [3.8, 4) is 5.75 Å². The van der Waals surface area contributed by atoms with Gasteiger partial charge in [-0.25, -0.2) is 13.1 Å². The van der Waals surface area contributed by atoms with Crippen molar-refractivity contribution < 1.29 is 35.9 Å². The van der Waals surface area contributed by atoms with Crippen molar-refractivity contribution >= 4 is 44.3 Å². The van der Waals surface area contributed by atoms with Crippen molar-refractivity contribution in [3.05, 3.63) is 94.1 Å². The van der Waals surface area contributed by atoms with Crippen LogP contribution in [-0.2, 0) is 23.5 Å². The molecule has 0 aliphatic rings. The molecule has 228 valence electrons. The second-order valence-electron chi connectivity index (χ2n) is 10.2. The van der Waals surface area contributed by atoms with Crippen LogP contribution >= 0.6 is 11.6 Å². The number of benzene rings is 3. The number of amides is 2. The SMILES string of the molecule is COc1cc(C(=O)NS(=O)(=O)c2ccccc2Cl)ccc1Cc1cn(C)c2ccc(C(=O)NC[C@@H](C)CC(F)(F)F)cc12. The monoisotopic (exact) mass is 635 g/mol. The molecule has 0 spiro atoms. The molecule has 13 heteroatoms. The summed E-state index contributed by atoms with van der Waals surface area (Å²) in [6, 6.07) is 15.4. The van der Waals surface area contributed by atoms with Crippen LogP contribution in [0.15, 0.2) is 71.8 Å². The Balaban J connectivity index is 1.54. The molecule has 0 saturated heterocycles. The molecule has 3 aromatic carbocycles. The first-order valence-electron chi connectivity index (χ1n) is 13.1. The van der Waals surface area contributed by atoms with Crippen molar-refractivity contribution in [3.63, 3.8) is 0 Å². The molecule has 0 fully saturated rings. The van der Waals surface area contributed by atoms with Crippen molar-refractivity contribution in [2.75, 3.05) is 13.7 Å². The lowest BCUT2D eigenvalue weighted by atomic mass is 10.0. The number of methoxy groups -OCH3 is 1. The fourth-order valence-corrected chi connectivity index (χ4v) is 6.22. The summed E-state index contributed by atoms with van der Waals surface area (Å²) in [6.07, 6.45) is -3.07. The van der Waals surface area contributed by atoms with Crippen LogP contribution in [0.25, 0.3) is 10.9 Å². The standard InChI is InChI=1S/C30H29ClF3N3O5S/c1-18(15-30(32,33)34)16-35-28(38)20-10-11-25-23(13-20)22(17-37(25)2)12-19-8-9-21(14-26(19)42-3)29(39)36-43(40,41)27-7-5-4-6-24(27)31/h4-11,13-14,17-18H,12,15-16H2,1-3H3,(H,35,38)(H,36,39)/t18-/m0/s1. The van der Waals surface area contributed by atoms with E-state index >= 15 is 0 Å². The van der Waals surface area contributed by atoms with Crippen molar-refractivity contribution in [2.24, 2.45) is 13.0 Å². The number of sulfonamides is 1. The van der Waals surface area contributed by atoms with Gasteiger partial charge in [-0.2, -0.15) is 13.2 Å². The van der Waals surface area contributed by atoms with Gasteiger partial charge in [-0.05, 0) is 59.5 Å². The predicted molar refractivity (Wildman–Crippen MR) is 157 cm³/mol. The number of nitrogens with zero attached hydrogens (tertiary/aromatic N) is 1. The fourth-order valence-electron chi connectivity index (χ4n) is 4.73. The summed E-state index contributed by atoms with van der Waals surface area (Å²) in [5.41, 5.74) is 2.70. The van der Waals surface area contributed by atoms with Crippen LogP contribution in [0.2, 0.25) is 5.02 Å². The lowest BCUT2D eigenvalue weighted by molar-refractivity contribution is -0.142. The van der Waals surface area contributed by atoms with Crippen LogP contribution in [0.1, 0.15) is 45.2 Å². The van der Waals surface area contributed by atoms with Gasteiger partial charge in [0.05, 0.1) is 12.1 Å². The molecule has 0 unspecified atom stereocenters. The van der Waals surface area contributed by atoms with Gasteiger partial charge in [0.2, 0.25) is 0 Å². The molecular formula is C30H29ClF3N3O5S. The molecule has 0 aliphatic carbocycles. The zero-order valence-corrected chi connectivity index (χ0v) is 25.0. The summed E-state index contributed by atoms with van der Waals surface area (Å²) in [5.74, 6) is -1.78. The van der Waals surface area contributed by atoms with Gasteiger partial charge in [-0.3, -0.25) is 9.59 Å². The molecule has 8 nitrogen and oxygen atoms in total. The lowest BCUT2D eigenvalue weighted by Gasteiger charge is -2.15. The van der Waals surface area contributed by atoms with Gasteiger partial charge in [0.1, 0.15) is 10.6 Å². The minimum atomic E-state index is -4.31. The van der Waals surface area contributed by atoms with Gasteiger partial charge in [0, 0.05) is 54.7 Å². The quantitative estimate of drug-likeness (QED) is 0.227. The Hall–Kier alpha value is -4.03. The number of carbonyl (C=O) groups is 2. The first kappa shape index (κ1) is 31.9. The number of halogens is 4. The third-order valence-electron chi connectivity index (χ3n) is 6.81. The molecule has 2 N–H and O–H groups in total. The maximum Gasteiger partial charge on any atom is 0.389 e. The highest BCUT2D eigenvalue weighted by molar-refractivity contribution is 7.90. The molecular weight excluding hydrogens is 607 g/mol. The van der Waals surface area contributed by atoms with Gasteiger partial charge in [-0.1, -0.05) is 36.7 Å². The normalized spacial score (nSPS) is 12.6. The average Bonchev–Trinajstić information content (AvgIpc) is 3.24. The summed E-state index contributed by atoms with van der Waals surface area (Å²) >= 11 is 5.99. The number of rotatable bonds is 10. The molecule has 4 rings (SSSR count). The largest absolute Gasteiger partial charge is 0.496 e. The highest BCUT2D eigenvalue weighted by Crippen LogP contribution is 2.29. The minimum absolute atomic E-state index is 0.0255. The Morgan fingerprint density at radius 1 is 1.00 bits per heavy atom. The van der Waals surface area contributed by atoms with E-state index in [4.69, 9.17) is 16.3 Å². The van der Waals surface area contributed by atoms with Gasteiger partial charge >= 0.3 is 6.18 Å². The maximum atomic E-state index is 12.8. The van der Waals surface area contributed by atoms with Crippen LogP contribution in [-0.4, -0.2) is 44.6 Å². The van der Waals surface area contributed by atoms with Crippen LogP contribution in [0, 0.1) is 5.92 Å². The molecule has 0 radical (unpaired) electrons. The first-order valence-corrected chi connectivity index (χ1v) is 15.0. The number of hydrogen-bond donors (Lipinski definition) is 2. The summed E-state index contributed by atoms with van der Waals surface area (Å²) < 4.78 is 72.7. The van der Waals surface area contributed by atoms with Gasteiger partial charge in [0.25, 0.3) is 21.8 Å². The van der Waals surface area contributed by atoms with E-state index in [2.05, 4.69) is 5.32 Å². The Labute approximate surface area is 251 Å². The molecule has 1 aromatic heterocycles. The zero-order chi connectivity index (χ0) is 31.5. The van der Waals surface area contributed by atoms with E-state index in [1.807, 2.05) is 22.5 Å². The smallest absolute Gasteiger partial charge is 0.389 e. The van der Waals surface area contributed by atoms with E-state index < -0.39 is 40.4 Å². The van der Waals surface area contributed by atoms with Crippen molar-refractivity contribution in [2.45, 2.75) is 30.8 Å². The minimum Gasteiger partial charge on any atom is -0.496 e. The molecule has 0 saturated carbocycles. The number of fused-ring (bicyclic) bond motifs is 1. The van der Waals surface area contributed by atoms with Crippen LogP contribution in [0.4, 0.5) is 13.2 Å². The molecule has 2 amide bonds. The number of alkyl halides is 3. The summed E-state index contributed by atoms with van der Waals surface area (Å²) in [7, 11) is -0.960. The summed E-state index contributed by atoms with van der Waals surface area (Å²) in [6.45, 7) is 1.31. The third-order valence-corrected chi connectivity index (χ3v) is 8.64. The highest BCUT2D eigenvalue weighted by atomic mass is 35.5. The predicted octanol–water partition coefficient (Wildman–Crippen LogP) is 5.87. The molecule has 1 heterocycles. The number of ether oxygens (including phenoxy) is 1. The van der Waals surface area contributed by atoms with E-state index in [9.17, 15) is 31.2 Å². The van der Waals surface area contributed by atoms with E-state index in [0.717, 1.165) is 16.5 Å². The third kappa shape index (κ3) is 7.68. The second-order valence-corrected chi connectivity index (χ2v) is 12.3. The van der Waals surface area contributed by atoms with Gasteiger partial charge in [0.15, 0.2) is 0 Å². The molecule has 4 aromatic rings. The van der Waals surface area contributed by atoms with Crippen LogP contribution in [0.3, 0.4) is 0 Å². The summed E-state index contributed by atoms with van der Waals surface area (Å²) in [5, 5.41) is 3.30. The molecule has 43 heavy (non-hydrogen) atoms. The van der Waals surface area contributed by atoms with E-state index in [1.54, 1.807) is 30.3 Å². The van der Waals surface area contributed by atoms with Crippen molar-refractivity contribution in [1.82, 2.24) is 14.6 Å². The fraction of sp³-hybridized carbons (Fsp3) is 0.267. The molecule has 0 aliphatic heterocycles. The zero-order valence-electron chi connectivity index (χ0n) is 23.5. The highest BCUT2D eigenvalue weighted by Gasteiger charge is 2.30. The number of nitrogens with one attached hydrogen (secondary N) is 2. The Morgan fingerprint density at radius 3 is 2.35 bits per heavy atom. The van der Waals surface area contributed by atoms with E-state index in [1.165, 1.54) is 44.4 Å².